The van der Waals surface area contributed by atoms with Gasteiger partial charge in [-0.05, 0) is 38.5 Å². The van der Waals surface area contributed by atoms with Crippen molar-refractivity contribution in [1.82, 2.24) is 19.6 Å². The fourth-order valence-corrected chi connectivity index (χ4v) is 4.22. The van der Waals surface area contributed by atoms with Gasteiger partial charge in [-0.3, -0.25) is 19.4 Å². The second kappa shape index (κ2) is 8.49. The molecule has 142 valence electrons. The molecule has 3 fully saturated rings. The number of amides is 2. The fraction of sp³-hybridized carbons (Fsp3) is 0.895. The van der Waals surface area contributed by atoms with Gasteiger partial charge in [0.05, 0.1) is 12.6 Å². The minimum absolute atomic E-state index is 0.0372. The minimum atomic E-state index is -0.0372. The van der Waals surface area contributed by atoms with E-state index in [1.807, 2.05) is 16.7 Å². The van der Waals surface area contributed by atoms with Gasteiger partial charge >= 0.3 is 0 Å². The van der Waals surface area contributed by atoms with Crippen molar-refractivity contribution in [3.8, 4) is 0 Å². The van der Waals surface area contributed by atoms with E-state index in [9.17, 15) is 9.59 Å². The number of carbonyl (C=O) groups is 2. The van der Waals surface area contributed by atoms with Gasteiger partial charge in [-0.15, -0.1) is 0 Å². The Morgan fingerprint density at radius 2 is 1.48 bits per heavy atom. The van der Waals surface area contributed by atoms with Crippen LogP contribution in [0.5, 0.6) is 0 Å². The molecule has 0 spiro atoms. The number of nitrogens with zero attached hydrogens (tertiary/aromatic N) is 4. The summed E-state index contributed by atoms with van der Waals surface area (Å²) in [6.45, 7) is 12.1. The summed E-state index contributed by atoms with van der Waals surface area (Å²) < 4.78 is 0. The van der Waals surface area contributed by atoms with E-state index in [1.165, 1.54) is 0 Å². The monoisotopic (exact) mass is 350 g/mol. The van der Waals surface area contributed by atoms with Crippen LogP contribution in [0.1, 0.15) is 39.5 Å². The standard InChI is InChI=1S/C19H34N4O2/c1-16-5-9-23(10-6-16)19(25)17(2)21-13-11-20(12-14-21)15-18(24)22-7-3-4-8-22/h16-17H,3-15H2,1-2H3. The molecule has 0 saturated carbocycles. The van der Waals surface area contributed by atoms with Crippen LogP contribution in [0.15, 0.2) is 0 Å². The molecule has 3 aliphatic rings. The smallest absolute Gasteiger partial charge is 0.239 e. The zero-order valence-corrected chi connectivity index (χ0v) is 16.0. The third kappa shape index (κ3) is 4.73. The van der Waals surface area contributed by atoms with Crippen LogP contribution in [0.25, 0.3) is 0 Å². The zero-order valence-electron chi connectivity index (χ0n) is 16.0. The van der Waals surface area contributed by atoms with Gasteiger partial charge in [-0.25, -0.2) is 0 Å². The fourth-order valence-electron chi connectivity index (χ4n) is 4.22. The number of piperazine rings is 1. The van der Waals surface area contributed by atoms with Crippen molar-refractivity contribution in [2.75, 3.05) is 58.9 Å². The van der Waals surface area contributed by atoms with Crippen molar-refractivity contribution in [1.29, 1.82) is 0 Å². The summed E-state index contributed by atoms with van der Waals surface area (Å²) in [5.41, 5.74) is 0. The lowest BCUT2D eigenvalue weighted by atomic mass is 9.98. The molecule has 6 heteroatoms. The van der Waals surface area contributed by atoms with Crippen LogP contribution < -0.4 is 0 Å². The molecule has 3 heterocycles. The highest BCUT2D eigenvalue weighted by molar-refractivity contribution is 5.81. The lowest BCUT2D eigenvalue weighted by Gasteiger charge is -2.40. The van der Waals surface area contributed by atoms with E-state index in [0.717, 1.165) is 84.0 Å². The van der Waals surface area contributed by atoms with Gasteiger partial charge in [0, 0.05) is 52.4 Å². The summed E-state index contributed by atoms with van der Waals surface area (Å²) in [5, 5.41) is 0. The molecule has 2 amide bonds. The Morgan fingerprint density at radius 3 is 2.08 bits per heavy atom. The van der Waals surface area contributed by atoms with E-state index >= 15 is 0 Å². The molecule has 0 bridgehead atoms. The highest BCUT2D eigenvalue weighted by atomic mass is 16.2. The summed E-state index contributed by atoms with van der Waals surface area (Å²) in [6.07, 6.45) is 4.55. The van der Waals surface area contributed by atoms with E-state index in [2.05, 4.69) is 16.7 Å². The van der Waals surface area contributed by atoms with Crippen molar-refractivity contribution in [3.63, 3.8) is 0 Å². The molecule has 6 nitrogen and oxygen atoms in total. The van der Waals surface area contributed by atoms with Gasteiger partial charge in [0.2, 0.25) is 11.8 Å². The molecular formula is C19H34N4O2. The molecule has 0 aliphatic carbocycles. The van der Waals surface area contributed by atoms with Crippen LogP contribution in [0, 0.1) is 5.92 Å². The van der Waals surface area contributed by atoms with Crippen LogP contribution in [0.3, 0.4) is 0 Å². The van der Waals surface area contributed by atoms with E-state index in [1.54, 1.807) is 0 Å². The van der Waals surface area contributed by atoms with Crippen LogP contribution in [-0.2, 0) is 9.59 Å². The van der Waals surface area contributed by atoms with Gasteiger partial charge < -0.3 is 9.80 Å². The van der Waals surface area contributed by atoms with E-state index in [-0.39, 0.29) is 17.9 Å². The van der Waals surface area contributed by atoms with E-state index in [4.69, 9.17) is 0 Å². The first-order valence-electron chi connectivity index (χ1n) is 10.1. The molecule has 0 aromatic rings. The maximum Gasteiger partial charge on any atom is 0.239 e. The normalized spacial score (nSPS) is 25.4. The second-order valence-corrected chi connectivity index (χ2v) is 8.08. The molecule has 1 atom stereocenters. The molecule has 0 aromatic carbocycles. The van der Waals surface area contributed by atoms with Crippen LogP contribution >= 0.6 is 0 Å². The Labute approximate surface area is 152 Å². The van der Waals surface area contributed by atoms with Gasteiger partial charge in [0.25, 0.3) is 0 Å². The molecule has 0 N–H and O–H groups in total. The predicted molar refractivity (Wildman–Crippen MR) is 98.3 cm³/mol. The number of hydrogen-bond acceptors (Lipinski definition) is 4. The topological polar surface area (TPSA) is 47.1 Å². The summed E-state index contributed by atoms with van der Waals surface area (Å²) in [6, 6.07) is -0.0372. The third-order valence-corrected chi connectivity index (χ3v) is 6.22. The Kier molecular flexibility index (Phi) is 6.34. The maximum absolute atomic E-state index is 12.7. The summed E-state index contributed by atoms with van der Waals surface area (Å²) >= 11 is 0. The van der Waals surface area contributed by atoms with E-state index < -0.39 is 0 Å². The van der Waals surface area contributed by atoms with E-state index in [0.29, 0.717) is 6.54 Å². The number of carbonyl (C=O) groups excluding carboxylic acids is 2. The molecule has 3 rings (SSSR count). The van der Waals surface area contributed by atoms with Crippen molar-refractivity contribution < 1.29 is 9.59 Å². The Hall–Kier alpha value is -1.14. The number of piperidine rings is 1. The van der Waals surface area contributed by atoms with Gasteiger partial charge in [0.1, 0.15) is 0 Å². The first-order chi connectivity index (χ1) is 12.0. The summed E-state index contributed by atoms with van der Waals surface area (Å²) in [4.78, 5) is 33.6. The van der Waals surface area contributed by atoms with Gasteiger partial charge in [-0.1, -0.05) is 6.92 Å². The average molecular weight is 351 g/mol. The number of hydrogen-bond donors (Lipinski definition) is 0. The van der Waals surface area contributed by atoms with Crippen molar-refractivity contribution >= 4 is 11.8 Å². The molecule has 3 saturated heterocycles. The first kappa shape index (κ1) is 18.6. The Morgan fingerprint density at radius 1 is 0.880 bits per heavy atom. The van der Waals surface area contributed by atoms with Crippen molar-refractivity contribution in [2.24, 2.45) is 5.92 Å². The maximum atomic E-state index is 12.7. The lowest BCUT2D eigenvalue weighted by Crippen LogP contribution is -2.56. The highest BCUT2D eigenvalue weighted by Crippen LogP contribution is 2.18. The Balaban J connectivity index is 1.41. The largest absolute Gasteiger partial charge is 0.342 e. The third-order valence-electron chi connectivity index (χ3n) is 6.22. The molecular weight excluding hydrogens is 316 g/mol. The van der Waals surface area contributed by atoms with Crippen LogP contribution in [-0.4, -0.2) is 96.4 Å². The molecule has 0 aromatic heterocycles. The molecule has 3 aliphatic heterocycles. The second-order valence-electron chi connectivity index (χ2n) is 8.08. The summed E-state index contributed by atoms with van der Waals surface area (Å²) in [7, 11) is 0. The predicted octanol–water partition coefficient (Wildman–Crippen LogP) is 0.873. The number of likely N-dealkylation sites (tertiary alicyclic amines) is 2. The highest BCUT2D eigenvalue weighted by Gasteiger charge is 2.31. The summed E-state index contributed by atoms with van der Waals surface area (Å²) in [5.74, 6) is 1.31. The van der Waals surface area contributed by atoms with Crippen molar-refractivity contribution in [2.45, 2.75) is 45.6 Å². The minimum Gasteiger partial charge on any atom is -0.342 e. The van der Waals surface area contributed by atoms with Crippen LogP contribution in [0.4, 0.5) is 0 Å². The van der Waals surface area contributed by atoms with Gasteiger partial charge in [0.15, 0.2) is 0 Å². The lowest BCUT2D eigenvalue weighted by molar-refractivity contribution is -0.139. The molecule has 25 heavy (non-hydrogen) atoms. The average Bonchev–Trinajstić information content (AvgIpc) is 3.17. The Bertz CT molecular complexity index is 462. The first-order valence-corrected chi connectivity index (χ1v) is 10.1. The zero-order chi connectivity index (χ0) is 17.8. The molecule has 1 unspecified atom stereocenters. The van der Waals surface area contributed by atoms with Crippen LogP contribution in [0.2, 0.25) is 0 Å². The quantitative estimate of drug-likeness (QED) is 0.755. The molecule has 0 radical (unpaired) electrons. The number of rotatable bonds is 4. The van der Waals surface area contributed by atoms with Crippen molar-refractivity contribution in [3.05, 3.63) is 0 Å². The SMILES string of the molecule is CC1CCN(C(=O)C(C)N2CCN(CC(=O)N3CCCC3)CC2)CC1. The van der Waals surface area contributed by atoms with Gasteiger partial charge in [-0.2, -0.15) is 0 Å².